The average Bonchev–Trinajstić information content (AvgIpc) is 3.22. The Morgan fingerprint density at radius 1 is 1.40 bits per heavy atom. The lowest BCUT2D eigenvalue weighted by Gasteiger charge is -2.21. The standard InChI is InChI=1S/C16H13F3N2O3S/c1-24-9-4-5-10(13(22)7-9)11-8-12(14-3-2-6-25-14)21(20-11)15(23)16(17,18)19/h2-7,12,22H,8H2,1H3/t12-/m0/s1. The third kappa shape index (κ3) is 3.32. The summed E-state index contributed by atoms with van der Waals surface area (Å²) in [6.45, 7) is 0. The van der Waals surface area contributed by atoms with Crippen molar-refractivity contribution in [3.05, 3.63) is 46.2 Å². The molecule has 2 aromatic rings. The second-order valence-corrected chi connectivity index (χ2v) is 6.29. The SMILES string of the molecule is COc1ccc(C2=NN(C(=O)C(F)(F)F)[C@H](c3cccs3)C2)c(O)c1. The van der Waals surface area contributed by atoms with E-state index in [2.05, 4.69) is 5.10 Å². The molecule has 1 aliphatic heterocycles. The average molecular weight is 370 g/mol. The van der Waals surface area contributed by atoms with Gasteiger partial charge in [-0.1, -0.05) is 6.07 Å². The second kappa shape index (κ2) is 6.40. The zero-order chi connectivity index (χ0) is 18.2. The lowest BCUT2D eigenvalue weighted by Crippen LogP contribution is -2.37. The maximum absolute atomic E-state index is 12.9. The van der Waals surface area contributed by atoms with Gasteiger partial charge >= 0.3 is 12.1 Å². The topological polar surface area (TPSA) is 62.1 Å². The number of thiophene rings is 1. The van der Waals surface area contributed by atoms with Crippen molar-refractivity contribution in [2.75, 3.05) is 7.11 Å². The molecule has 0 saturated heterocycles. The van der Waals surface area contributed by atoms with E-state index >= 15 is 0 Å². The van der Waals surface area contributed by atoms with Crippen molar-refractivity contribution >= 4 is 23.0 Å². The lowest BCUT2D eigenvalue weighted by atomic mass is 10.0. The summed E-state index contributed by atoms with van der Waals surface area (Å²) in [4.78, 5) is 12.3. The molecule has 0 bridgehead atoms. The molecule has 25 heavy (non-hydrogen) atoms. The Morgan fingerprint density at radius 2 is 2.16 bits per heavy atom. The van der Waals surface area contributed by atoms with E-state index in [0.717, 1.165) is 0 Å². The fraction of sp³-hybridized carbons (Fsp3) is 0.250. The first kappa shape index (κ1) is 17.3. The predicted molar refractivity (Wildman–Crippen MR) is 85.8 cm³/mol. The maximum Gasteiger partial charge on any atom is 0.473 e. The molecule has 1 aromatic heterocycles. The van der Waals surface area contributed by atoms with E-state index < -0.39 is 18.1 Å². The number of carbonyl (C=O) groups is 1. The van der Waals surface area contributed by atoms with Crippen molar-refractivity contribution in [3.8, 4) is 11.5 Å². The van der Waals surface area contributed by atoms with E-state index in [1.807, 2.05) is 0 Å². The summed E-state index contributed by atoms with van der Waals surface area (Å²) in [6, 6.07) is 6.89. The molecule has 1 amide bonds. The van der Waals surface area contributed by atoms with Gasteiger partial charge in [0.2, 0.25) is 0 Å². The number of nitrogens with zero attached hydrogens (tertiary/aromatic N) is 2. The number of methoxy groups -OCH3 is 1. The normalized spacial score (nSPS) is 17.5. The zero-order valence-electron chi connectivity index (χ0n) is 12.9. The highest BCUT2D eigenvalue weighted by molar-refractivity contribution is 7.10. The van der Waals surface area contributed by atoms with Crippen LogP contribution in [0.15, 0.2) is 40.8 Å². The molecule has 1 aliphatic rings. The Hall–Kier alpha value is -2.55. The largest absolute Gasteiger partial charge is 0.507 e. The highest BCUT2D eigenvalue weighted by Crippen LogP contribution is 2.39. The lowest BCUT2D eigenvalue weighted by molar-refractivity contribution is -0.187. The summed E-state index contributed by atoms with van der Waals surface area (Å²) in [5.74, 6) is -1.81. The first-order valence-electron chi connectivity index (χ1n) is 7.20. The van der Waals surface area contributed by atoms with Gasteiger partial charge in [0.1, 0.15) is 11.5 Å². The minimum Gasteiger partial charge on any atom is -0.507 e. The number of rotatable bonds is 3. The number of phenols is 1. The van der Waals surface area contributed by atoms with Crippen LogP contribution < -0.4 is 4.74 Å². The Balaban J connectivity index is 2.00. The molecular formula is C16H13F3N2O3S. The van der Waals surface area contributed by atoms with E-state index in [4.69, 9.17) is 4.74 Å². The number of hydrogen-bond acceptors (Lipinski definition) is 5. The summed E-state index contributed by atoms with van der Waals surface area (Å²) < 4.78 is 43.7. The van der Waals surface area contributed by atoms with Gasteiger partial charge in [-0.3, -0.25) is 4.79 Å². The number of halogens is 3. The highest BCUT2D eigenvalue weighted by atomic mass is 32.1. The van der Waals surface area contributed by atoms with E-state index in [1.165, 1.54) is 30.6 Å². The van der Waals surface area contributed by atoms with E-state index in [-0.39, 0.29) is 23.4 Å². The Kier molecular flexibility index (Phi) is 4.42. The molecule has 2 heterocycles. The smallest absolute Gasteiger partial charge is 0.473 e. The third-order valence-electron chi connectivity index (χ3n) is 3.75. The molecule has 0 fully saturated rings. The van der Waals surface area contributed by atoms with Gasteiger partial charge < -0.3 is 9.84 Å². The number of phenolic OH excluding ortho intramolecular Hbond substituents is 1. The second-order valence-electron chi connectivity index (χ2n) is 5.31. The fourth-order valence-corrected chi connectivity index (χ4v) is 3.39. The van der Waals surface area contributed by atoms with Gasteiger partial charge in [0.15, 0.2) is 0 Å². The van der Waals surface area contributed by atoms with Crippen LogP contribution in [0.3, 0.4) is 0 Å². The zero-order valence-corrected chi connectivity index (χ0v) is 13.8. The van der Waals surface area contributed by atoms with Crippen LogP contribution in [0.5, 0.6) is 11.5 Å². The van der Waals surface area contributed by atoms with Crippen LogP contribution in [-0.4, -0.2) is 35.0 Å². The van der Waals surface area contributed by atoms with Gasteiger partial charge in [-0.25, -0.2) is 5.01 Å². The number of carbonyl (C=O) groups excluding carboxylic acids is 1. The minimum absolute atomic E-state index is 0.0716. The van der Waals surface area contributed by atoms with E-state index in [9.17, 15) is 23.1 Å². The predicted octanol–water partition coefficient (Wildman–Crippen LogP) is 3.70. The highest BCUT2D eigenvalue weighted by Gasteiger charge is 2.48. The van der Waals surface area contributed by atoms with Crippen molar-refractivity contribution < 1.29 is 27.8 Å². The van der Waals surface area contributed by atoms with Gasteiger partial charge in [-0.05, 0) is 23.6 Å². The summed E-state index contributed by atoms with van der Waals surface area (Å²) in [6.07, 6.45) is -4.96. The number of hydrazone groups is 1. The monoisotopic (exact) mass is 370 g/mol. The Morgan fingerprint density at radius 3 is 2.72 bits per heavy atom. The molecule has 1 N–H and O–H groups in total. The van der Waals surface area contributed by atoms with Gasteiger partial charge in [0.05, 0.1) is 18.9 Å². The van der Waals surface area contributed by atoms with Crippen molar-refractivity contribution in [1.29, 1.82) is 0 Å². The molecule has 1 aromatic carbocycles. The number of amides is 1. The maximum atomic E-state index is 12.9. The number of alkyl halides is 3. The molecule has 9 heteroatoms. The molecule has 0 radical (unpaired) electrons. The van der Waals surface area contributed by atoms with Crippen molar-refractivity contribution in [2.24, 2.45) is 5.10 Å². The third-order valence-corrected chi connectivity index (χ3v) is 4.72. The fourth-order valence-electron chi connectivity index (χ4n) is 2.58. The molecule has 0 spiro atoms. The van der Waals surface area contributed by atoms with Crippen molar-refractivity contribution in [3.63, 3.8) is 0 Å². The van der Waals surface area contributed by atoms with Gasteiger partial charge in [0, 0.05) is 22.9 Å². The Bertz CT molecular complexity index is 819. The molecule has 132 valence electrons. The van der Waals surface area contributed by atoms with Gasteiger partial charge in [-0.2, -0.15) is 18.3 Å². The van der Waals surface area contributed by atoms with Crippen molar-refractivity contribution in [2.45, 2.75) is 18.6 Å². The molecular weight excluding hydrogens is 357 g/mol. The van der Waals surface area contributed by atoms with Crippen LogP contribution >= 0.6 is 11.3 Å². The van der Waals surface area contributed by atoms with Crippen LogP contribution in [-0.2, 0) is 4.79 Å². The van der Waals surface area contributed by atoms with Gasteiger partial charge in [-0.15, -0.1) is 11.3 Å². The molecule has 3 rings (SSSR count). The van der Waals surface area contributed by atoms with Crippen LogP contribution in [0.25, 0.3) is 0 Å². The summed E-state index contributed by atoms with van der Waals surface area (Å²) in [5.41, 5.74) is 0.469. The summed E-state index contributed by atoms with van der Waals surface area (Å²) >= 11 is 1.24. The molecule has 5 nitrogen and oxygen atoms in total. The molecule has 0 unspecified atom stereocenters. The molecule has 1 atom stereocenters. The summed E-state index contributed by atoms with van der Waals surface area (Å²) in [5, 5.41) is 16.1. The van der Waals surface area contributed by atoms with Crippen LogP contribution in [0.2, 0.25) is 0 Å². The van der Waals surface area contributed by atoms with Gasteiger partial charge in [0.25, 0.3) is 0 Å². The number of aromatic hydroxyl groups is 1. The number of hydrogen-bond donors (Lipinski definition) is 1. The van der Waals surface area contributed by atoms with E-state index in [0.29, 0.717) is 15.6 Å². The Labute approximate surface area is 145 Å². The van der Waals surface area contributed by atoms with Crippen LogP contribution in [0.4, 0.5) is 13.2 Å². The molecule has 0 saturated carbocycles. The number of ether oxygens (including phenoxy) is 1. The van der Waals surface area contributed by atoms with Crippen LogP contribution in [0, 0.1) is 0 Å². The van der Waals surface area contributed by atoms with Crippen LogP contribution in [0.1, 0.15) is 22.9 Å². The first-order valence-corrected chi connectivity index (χ1v) is 8.08. The summed E-state index contributed by atoms with van der Waals surface area (Å²) in [7, 11) is 1.43. The van der Waals surface area contributed by atoms with E-state index in [1.54, 1.807) is 23.6 Å². The first-order chi connectivity index (χ1) is 11.8. The molecule has 0 aliphatic carbocycles. The minimum atomic E-state index is -5.03. The quantitative estimate of drug-likeness (QED) is 0.896. The van der Waals surface area contributed by atoms with Crippen molar-refractivity contribution in [1.82, 2.24) is 5.01 Å². The number of benzene rings is 1.